The molecular weight excluding hydrogens is 232 g/mol. The first kappa shape index (κ1) is 13.8. The molecule has 0 radical (unpaired) electrons. The first-order valence-corrected chi connectivity index (χ1v) is 6.44. The van der Waals surface area contributed by atoms with Crippen molar-refractivity contribution in [3.8, 4) is 11.8 Å². The van der Waals surface area contributed by atoms with E-state index in [1.165, 1.54) is 11.8 Å². The van der Waals surface area contributed by atoms with Crippen LogP contribution in [0, 0.1) is 18.8 Å². The van der Waals surface area contributed by atoms with Crippen molar-refractivity contribution in [1.82, 2.24) is 0 Å². The fraction of sp³-hybridized carbons (Fsp3) is 0.357. The molecule has 3 heteroatoms. The summed E-state index contributed by atoms with van der Waals surface area (Å²) < 4.78 is 0. The molecular formula is C14H16O2S. The van der Waals surface area contributed by atoms with Crippen molar-refractivity contribution in [1.29, 1.82) is 0 Å². The number of rotatable bonds is 3. The van der Waals surface area contributed by atoms with Crippen molar-refractivity contribution in [3.05, 3.63) is 34.9 Å². The standard InChI is InChI=1S/C14H16O2S/c1-11-6-7-13(10-15)9-14(11)5-3-4-8-17-12(2)16/h6-7,9,15H,4,8,10H2,1-2H3. The molecule has 1 aromatic carbocycles. The summed E-state index contributed by atoms with van der Waals surface area (Å²) in [6.45, 7) is 3.59. The Morgan fingerprint density at radius 1 is 1.47 bits per heavy atom. The number of hydrogen-bond donors (Lipinski definition) is 1. The van der Waals surface area contributed by atoms with E-state index in [-0.39, 0.29) is 11.7 Å². The van der Waals surface area contributed by atoms with Crippen LogP contribution in [-0.4, -0.2) is 16.0 Å². The lowest BCUT2D eigenvalue weighted by atomic mass is 10.1. The summed E-state index contributed by atoms with van der Waals surface area (Å²) in [4.78, 5) is 10.7. The van der Waals surface area contributed by atoms with Gasteiger partial charge in [0.15, 0.2) is 5.12 Å². The lowest BCUT2D eigenvalue weighted by molar-refractivity contribution is -0.109. The minimum Gasteiger partial charge on any atom is -0.392 e. The van der Waals surface area contributed by atoms with Gasteiger partial charge in [-0.2, -0.15) is 0 Å². The van der Waals surface area contributed by atoms with Gasteiger partial charge in [-0.15, -0.1) is 0 Å². The van der Waals surface area contributed by atoms with E-state index in [2.05, 4.69) is 11.8 Å². The summed E-state index contributed by atoms with van der Waals surface area (Å²) in [6.07, 6.45) is 0.701. The topological polar surface area (TPSA) is 37.3 Å². The van der Waals surface area contributed by atoms with Crippen LogP contribution in [0.4, 0.5) is 0 Å². The number of hydrogen-bond acceptors (Lipinski definition) is 3. The summed E-state index contributed by atoms with van der Waals surface area (Å²) in [5.74, 6) is 6.86. The van der Waals surface area contributed by atoms with E-state index in [4.69, 9.17) is 5.11 Å². The summed E-state index contributed by atoms with van der Waals surface area (Å²) in [5, 5.41) is 9.16. The van der Waals surface area contributed by atoms with Crippen LogP contribution in [0.3, 0.4) is 0 Å². The van der Waals surface area contributed by atoms with Gasteiger partial charge in [-0.25, -0.2) is 0 Å². The highest BCUT2D eigenvalue weighted by molar-refractivity contribution is 8.13. The molecule has 0 saturated heterocycles. The number of aliphatic hydroxyl groups is 1. The molecule has 17 heavy (non-hydrogen) atoms. The normalized spacial score (nSPS) is 9.59. The van der Waals surface area contributed by atoms with E-state index >= 15 is 0 Å². The quantitative estimate of drug-likeness (QED) is 0.659. The highest BCUT2D eigenvalue weighted by Gasteiger charge is 1.96. The Hall–Kier alpha value is -1.24. The molecule has 0 unspecified atom stereocenters. The molecule has 1 aromatic rings. The second kappa shape index (κ2) is 7.16. The van der Waals surface area contributed by atoms with Crippen molar-refractivity contribution in [2.75, 3.05) is 5.75 Å². The van der Waals surface area contributed by atoms with Gasteiger partial charge in [0, 0.05) is 24.7 Å². The Kier molecular flexibility index (Phi) is 5.82. The van der Waals surface area contributed by atoms with Crippen LogP contribution in [-0.2, 0) is 11.4 Å². The Labute approximate surface area is 106 Å². The molecule has 90 valence electrons. The first-order chi connectivity index (χ1) is 8.13. The molecule has 0 fully saturated rings. The van der Waals surface area contributed by atoms with Gasteiger partial charge in [-0.3, -0.25) is 4.79 Å². The van der Waals surface area contributed by atoms with Crippen LogP contribution >= 0.6 is 11.8 Å². The molecule has 0 aliphatic carbocycles. The maximum Gasteiger partial charge on any atom is 0.185 e. The third-order valence-corrected chi connectivity index (χ3v) is 3.05. The zero-order chi connectivity index (χ0) is 12.7. The molecule has 0 amide bonds. The number of thioether (sulfide) groups is 1. The van der Waals surface area contributed by atoms with E-state index in [1.807, 2.05) is 25.1 Å². The summed E-state index contributed by atoms with van der Waals surface area (Å²) in [7, 11) is 0. The summed E-state index contributed by atoms with van der Waals surface area (Å²) >= 11 is 1.30. The van der Waals surface area contributed by atoms with Crippen molar-refractivity contribution >= 4 is 16.9 Å². The summed E-state index contributed by atoms with van der Waals surface area (Å²) in [5.41, 5.74) is 2.93. The van der Waals surface area contributed by atoms with E-state index in [1.54, 1.807) is 6.92 Å². The average molecular weight is 248 g/mol. The van der Waals surface area contributed by atoms with Gasteiger partial charge in [-0.05, 0) is 24.1 Å². The molecule has 0 aliphatic rings. The second-order valence-corrected chi connectivity index (χ2v) is 4.97. The number of carbonyl (C=O) groups excluding carboxylic acids is 1. The largest absolute Gasteiger partial charge is 0.392 e. The fourth-order valence-electron chi connectivity index (χ4n) is 1.31. The Bertz CT molecular complexity index is 455. The third-order valence-electron chi connectivity index (χ3n) is 2.24. The van der Waals surface area contributed by atoms with E-state index in [9.17, 15) is 4.79 Å². The molecule has 2 nitrogen and oxygen atoms in total. The van der Waals surface area contributed by atoms with Crippen LogP contribution in [0.1, 0.15) is 30.0 Å². The molecule has 0 spiro atoms. The summed E-state index contributed by atoms with van der Waals surface area (Å²) in [6, 6.07) is 5.76. The van der Waals surface area contributed by atoms with E-state index in [0.29, 0.717) is 6.42 Å². The van der Waals surface area contributed by atoms with Crippen molar-refractivity contribution in [3.63, 3.8) is 0 Å². The number of carbonyl (C=O) groups is 1. The Morgan fingerprint density at radius 3 is 2.88 bits per heavy atom. The van der Waals surface area contributed by atoms with Crippen molar-refractivity contribution in [2.45, 2.75) is 26.9 Å². The molecule has 0 atom stereocenters. The van der Waals surface area contributed by atoms with Gasteiger partial charge >= 0.3 is 0 Å². The Morgan fingerprint density at radius 2 is 2.24 bits per heavy atom. The molecule has 0 aliphatic heterocycles. The Balaban J connectivity index is 2.61. The molecule has 0 aromatic heterocycles. The molecule has 1 rings (SSSR count). The smallest absolute Gasteiger partial charge is 0.185 e. The van der Waals surface area contributed by atoms with Gasteiger partial charge in [0.25, 0.3) is 0 Å². The maximum absolute atomic E-state index is 10.7. The van der Waals surface area contributed by atoms with Gasteiger partial charge < -0.3 is 5.11 Å². The minimum absolute atomic E-state index is 0.0369. The zero-order valence-electron chi connectivity index (χ0n) is 10.1. The van der Waals surface area contributed by atoms with Crippen LogP contribution in [0.25, 0.3) is 0 Å². The predicted molar refractivity (Wildman–Crippen MR) is 71.7 cm³/mol. The lowest BCUT2D eigenvalue weighted by Crippen LogP contribution is -1.88. The number of aryl methyl sites for hydroxylation is 1. The monoisotopic (exact) mass is 248 g/mol. The number of aliphatic hydroxyl groups excluding tert-OH is 1. The van der Waals surface area contributed by atoms with Crippen LogP contribution in [0.5, 0.6) is 0 Å². The molecule has 1 N–H and O–H groups in total. The predicted octanol–water partition coefficient (Wildman–Crippen LogP) is 2.51. The van der Waals surface area contributed by atoms with Gasteiger partial charge in [0.1, 0.15) is 0 Å². The van der Waals surface area contributed by atoms with Crippen molar-refractivity contribution < 1.29 is 9.90 Å². The molecule has 0 heterocycles. The fourth-order valence-corrected chi connectivity index (χ4v) is 1.80. The second-order valence-electron chi connectivity index (χ2n) is 3.70. The highest BCUT2D eigenvalue weighted by atomic mass is 32.2. The molecule has 0 bridgehead atoms. The van der Waals surface area contributed by atoms with E-state index in [0.717, 1.165) is 22.4 Å². The van der Waals surface area contributed by atoms with Gasteiger partial charge in [0.05, 0.1) is 6.61 Å². The lowest BCUT2D eigenvalue weighted by Gasteiger charge is -2.00. The minimum atomic E-state index is 0.0369. The van der Waals surface area contributed by atoms with Gasteiger partial charge in [-0.1, -0.05) is 35.7 Å². The average Bonchev–Trinajstić information content (AvgIpc) is 2.30. The SMILES string of the molecule is CC(=O)SCCC#Cc1cc(CO)ccc1C. The van der Waals surface area contributed by atoms with Crippen molar-refractivity contribution in [2.24, 2.45) is 0 Å². The zero-order valence-corrected chi connectivity index (χ0v) is 10.9. The maximum atomic E-state index is 10.7. The van der Waals surface area contributed by atoms with Crippen LogP contribution < -0.4 is 0 Å². The number of benzene rings is 1. The third kappa shape index (κ3) is 5.08. The van der Waals surface area contributed by atoms with Crippen LogP contribution in [0.2, 0.25) is 0 Å². The van der Waals surface area contributed by atoms with E-state index < -0.39 is 0 Å². The highest BCUT2D eigenvalue weighted by Crippen LogP contribution is 2.10. The first-order valence-electron chi connectivity index (χ1n) is 5.46. The van der Waals surface area contributed by atoms with Gasteiger partial charge in [0.2, 0.25) is 0 Å². The molecule has 0 saturated carbocycles. The van der Waals surface area contributed by atoms with Crippen LogP contribution in [0.15, 0.2) is 18.2 Å².